The van der Waals surface area contributed by atoms with E-state index in [1.54, 1.807) is 11.3 Å². The number of ether oxygens (including phenoxy) is 1. The maximum atomic E-state index is 10.3. The molecule has 14 heavy (non-hydrogen) atoms. The SMILES string of the molecule is O=C(O)CSc1nc2c(s1)COCC2. The largest absolute Gasteiger partial charge is 0.481 e. The predicted molar refractivity (Wildman–Crippen MR) is 53.8 cm³/mol. The van der Waals surface area contributed by atoms with Gasteiger partial charge < -0.3 is 9.84 Å². The first kappa shape index (κ1) is 9.95. The molecule has 0 bridgehead atoms. The van der Waals surface area contributed by atoms with Gasteiger partial charge in [-0.05, 0) is 0 Å². The topological polar surface area (TPSA) is 59.4 Å². The van der Waals surface area contributed by atoms with Crippen molar-refractivity contribution in [3.63, 3.8) is 0 Å². The lowest BCUT2D eigenvalue weighted by Gasteiger charge is -2.08. The zero-order chi connectivity index (χ0) is 9.97. The molecule has 0 aliphatic carbocycles. The van der Waals surface area contributed by atoms with Crippen LogP contribution in [0, 0.1) is 0 Å². The average Bonchev–Trinajstić information content (AvgIpc) is 2.57. The van der Waals surface area contributed by atoms with Crippen LogP contribution in [0.15, 0.2) is 4.34 Å². The Morgan fingerprint density at radius 1 is 1.71 bits per heavy atom. The Balaban J connectivity index is 2.04. The van der Waals surface area contributed by atoms with Crippen LogP contribution in [0.1, 0.15) is 10.6 Å². The van der Waals surface area contributed by atoms with Crippen LogP contribution in [-0.4, -0.2) is 28.4 Å². The fourth-order valence-corrected chi connectivity index (χ4v) is 3.10. The minimum Gasteiger partial charge on any atom is -0.481 e. The molecule has 0 spiro atoms. The number of hydrogen-bond donors (Lipinski definition) is 1. The molecule has 76 valence electrons. The normalized spacial score (nSPS) is 15.1. The van der Waals surface area contributed by atoms with Crippen molar-refractivity contribution in [2.45, 2.75) is 17.4 Å². The van der Waals surface area contributed by atoms with E-state index in [9.17, 15) is 4.79 Å². The fraction of sp³-hybridized carbons (Fsp3) is 0.500. The molecule has 1 N–H and O–H groups in total. The first-order chi connectivity index (χ1) is 6.75. The Kier molecular flexibility index (Phi) is 3.05. The van der Waals surface area contributed by atoms with Gasteiger partial charge in [-0.25, -0.2) is 4.98 Å². The highest BCUT2D eigenvalue weighted by Crippen LogP contribution is 2.29. The van der Waals surface area contributed by atoms with E-state index in [1.165, 1.54) is 11.8 Å². The highest BCUT2D eigenvalue weighted by molar-refractivity contribution is 8.01. The molecule has 0 saturated carbocycles. The van der Waals surface area contributed by atoms with Crippen LogP contribution in [0.3, 0.4) is 0 Å². The minimum absolute atomic E-state index is 0.0766. The van der Waals surface area contributed by atoms with Crippen LogP contribution >= 0.6 is 23.1 Å². The summed E-state index contributed by atoms with van der Waals surface area (Å²) >= 11 is 2.82. The summed E-state index contributed by atoms with van der Waals surface area (Å²) in [4.78, 5) is 15.9. The lowest BCUT2D eigenvalue weighted by atomic mass is 10.2. The van der Waals surface area contributed by atoms with E-state index >= 15 is 0 Å². The first-order valence-electron chi connectivity index (χ1n) is 4.16. The number of thiazole rings is 1. The summed E-state index contributed by atoms with van der Waals surface area (Å²) in [5, 5.41) is 8.51. The van der Waals surface area contributed by atoms with Crippen molar-refractivity contribution >= 4 is 29.1 Å². The minimum atomic E-state index is -0.806. The van der Waals surface area contributed by atoms with E-state index in [2.05, 4.69) is 4.98 Å². The highest BCUT2D eigenvalue weighted by atomic mass is 32.2. The average molecular weight is 231 g/mol. The molecule has 1 aromatic rings. The summed E-state index contributed by atoms with van der Waals surface area (Å²) in [6.45, 7) is 1.35. The quantitative estimate of drug-likeness (QED) is 0.797. The number of carboxylic acid groups (broad SMARTS) is 1. The summed E-state index contributed by atoms with van der Waals surface area (Å²) in [6, 6.07) is 0. The van der Waals surface area contributed by atoms with Crippen molar-refractivity contribution in [3.8, 4) is 0 Å². The number of nitrogens with zero attached hydrogens (tertiary/aromatic N) is 1. The van der Waals surface area contributed by atoms with Crippen LogP contribution in [0.2, 0.25) is 0 Å². The van der Waals surface area contributed by atoms with E-state index < -0.39 is 5.97 Å². The summed E-state index contributed by atoms with van der Waals surface area (Å²) in [5.74, 6) is -0.729. The zero-order valence-corrected chi connectivity index (χ0v) is 8.99. The van der Waals surface area contributed by atoms with Gasteiger partial charge in [0.25, 0.3) is 0 Å². The van der Waals surface area contributed by atoms with Crippen LogP contribution in [-0.2, 0) is 22.6 Å². The van der Waals surface area contributed by atoms with Gasteiger partial charge in [-0.2, -0.15) is 0 Å². The standard InChI is InChI=1S/C8H9NO3S2/c10-7(11)4-13-8-9-5-1-2-12-3-6(5)14-8/h1-4H2,(H,10,11). The number of aromatic nitrogens is 1. The molecule has 2 rings (SSSR count). The summed E-state index contributed by atoms with van der Waals surface area (Å²) in [5.41, 5.74) is 1.08. The lowest BCUT2D eigenvalue weighted by Crippen LogP contribution is -2.07. The first-order valence-corrected chi connectivity index (χ1v) is 5.97. The van der Waals surface area contributed by atoms with Gasteiger partial charge in [0.2, 0.25) is 0 Å². The molecular weight excluding hydrogens is 222 g/mol. The van der Waals surface area contributed by atoms with Crippen molar-refractivity contribution in [1.82, 2.24) is 4.98 Å². The molecule has 0 atom stereocenters. The van der Waals surface area contributed by atoms with Crippen LogP contribution in [0.25, 0.3) is 0 Å². The summed E-state index contributed by atoms with van der Waals surface area (Å²) in [6.07, 6.45) is 0.847. The molecular formula is C8H9NO3S2. The molecule has 2 heterocycles. The molecule has 1 aliphatic rings. The van der Waals surface area contributed by atoms with Crippen LogP contribution in [0.4, 0.5) is 0 Å². The molecule has 4 nitrogen and oxygen atoms in total. The molecule has 0 fully saturated rings. The van der Waals surface area contributed by atoms with Crippen molar-refractivity contribution in [2.75, 3.05) is 12.4 Å². The molecule has 6 heteroatoms. The number of rotatable bonds is 3. The van der Waals surface area contributed by atoms with Gasteiger partial charge in [0.1, 0.15) is 0 Å². The van der Waals surface area contributed by atoms with Gasteiger partial charge in [-0.15, -0.1) is 11.3 Å². The van der Waals surface area contributed by atoms with Gasteiger partial charge in [-0.1, -0.05) is 11.8 Å². The van der Waals surface area contributed by atoms with Gasteiger partial charge >= 0.3 is 5.97 Å². The number of aliphatic carboxylic acids is 1. The zero-order valence-electron chi connectivity index (χ0n) is 7.36. The maximum absolute atomic E-state index is 10.3. The Morgan fingerprint density at radius 2 is 2.57 bits per heavy atom. The summed E-state index contributed by atoms with van der Waals surface area (Å²) in [7, 11) is 0. The van der Waals surface area contributed by atoms with Gasteiger partial charge in [-0.3, -0.25) is 4.79 Å². The highest BCUT2D eigenvalue weighted by Gasteiger charge is 2.16. The van der Waals surface area contributed by atoms with E-state index in [4.69, 9.17) is 9.84 Å². The molecule has 1 aromatic heterocycles. The van der Waals surface area contributed by atoms with Crippen molar-refractivity contribution < 1.29 is 14.6 Å². The Hall–Kier alpha value is -0.590. The number of hydrogen-bond acceptors (Lipinski definition) is 5. The van der Waals surface area contributed by atoms with Crippen molar-refractivity contribution in [3.05, 3.63) is 10.6 Å². The number of fused-ring (bicyclic) bond motifs is 1. The third-order valence-electron chi connectivity index (χ3n) is 1.79. The van der Waals surface area contributed by atoms with E-state index in [1.807, 2.05) is 0 Å². The van der Waals surface area contributed by atoms with Crippen LogP contribution < -0.4 is 0 Å². The molecule has 1 aliphatic heterocycles. The molecule has 0 unspecified atom stereocenters. The smallest absolute Gasteiger partial charge is 0.313 e. The Bertz CT molecular complexity index is 327. The fourth-order valence-electron chi connectivity index (χ4n) is 1.19. The third kappa shape index (κ3) is 2.26. The monoisotopic (exact) mass is 231 g/mol. The molecule has 0 radical (unpaired) electrons. The van der Waals surface area contributed by atoms with Gasteiger partial charge in [0.15, 0.2) is 4.34 Å². The van der Waals surface area contributed by atoms with E-state index in [-0.39, 0.29) is 5.75 Å². The van der Waals surface area contributed by atoms with E-state index in [0.717, 1.165) is 27.9 Å². The lowest BCUT2D eigenvalue weighted by molar-refractivity contribution is -0.133. The third-order valence-corrected chi connectivity index (χ3v) is 3.99. The van der Waals surface area contributed by atoms with Crippen LogP contribution in [0.5, 0.6) is 0 Å². The Labute approximate surface area is 89.3 Å². The number of thioether (sulfide) groups is 1. The number of carboxylic acids is 1. The Morgan fingerprint density at radius 3 is 3.29 bits per heavy atom. The van der Waals surface area contributed by atoms with Gasteiger partial charge in [0.05, 0.1) is 29.5 Å². The van der Waals surface area contributed by atoms with E-state index in [0.29, 0.717) is 6.61 Å². The number of carbonyl (C=O) groups is 1. The second-order valence-corrected chi connectivity index (χ2v) is 5.14. The van der Waals surface area contributed by atoms with Gasteiger partial charge in [0, 0.05) is 6.42 Å². The van der Waals surface area contributed by atoms with Crippen molar-refractivity contribution in [1.29, 1.82) is 0 Å². The predicted octanol–water partition coefficient (Wildman–Crippen LogP) is 1.39. The summed E-state index contributed by atoms with van der Waals surface area (Å²) < 4.78 is 6.12. The molecule has 0 amide bonds. The second-order valence-electron chi connectivity index (χ2n) is 2.83. The molecule has 0 aromatic carbocycles. The van der Waals surface area contributed by atoms with Crippen molar-refractivity contribution in [2.24, 2.45) is 0 Å². The second kappa shape index (κ2) is 4.29. The molecule has 0 saturated heterocycles. The maximum Gasteiger partial charge on any atom is 0.313 e.